The Morgan fingerprint density at radius 2 is 1.83 bits per heavy atom. The largest absolute Gasteiger partial charge is 0.384 e. The van der Waals surface area contributed by atoms with Crippen LogP contribution in [0, 0.1) is 6.92 Å². The third-order valence-electron chi connectivity index (χ3n) is 3.98. The van der Waals surface area contributed by atoms with Crippen molar-refractivity contribution in [2.24, 2.45) is 0 Å². The topological polar surface area (TPSA) is 37.3 Å². The number of halogens is 1. The monoisotopic (exact) mass is 440 g/mol. The highest BCUT2D eigenvalue weighted by Crippen LogP contribution is 2.31. The zero-order valence-electron chi connectivity index (χ0n) is 13.4. The number of rotatable bonds is 6. The highest BCUT2D eigenvalue weighted by Gasteiger charge is 2.29. The Morgan fingerprint density at radius 1 is 1.22 bits per heavy atom. The van der Waals surface area contributed by atoms with Crippen LogP contribution in [-0.2, 0) is 17.2 Å². The van der Waals surface area contributed by atoms with Gasteiger partial charge in [-0.2, -0.15) is 0 Å². The SMILES string of the molecule is C=C(I)[C@@](O)(CC)Cc1ccccc1S(=O)c1ccc(C)cc1. The first-order valence-corrected chi connectivity index (χ1v) is 9.74. The lowest BCUT2D eigenvalue weighted by atomic mass is 9.92. The molecule has 0 fully saturated rings. The Kier molecular flexibility index (Phi) is 6.17. The van der Waals surface area contributed by atoms with E-state index in [1.165, 1.54) is 0 Å². The second kappa shape index (κ2) is 7.73. The Labute approximate surface area is 154 Å². The summed E-state index contributed by atoms with van der Waals surface area (Å²) in [5.74, 6) is 0. The van der Waals surface area contributed by atoms with Crippen molar-refractivity contribution in [2.45, 2.75) is 42.1 Å². The number of aliphatic hydroxyl groups is 1. The molecule has 1 unspecified atom stereocenters. The number of benzene rings is 2. The van der Waals surface area contributed by atoms with Crippen molar-refractivity contribution in [3.63, 3.8) is 0 Å². The molecule has 0 amide bonds. The first kappa shape index (κ1) is 18.4. The summed E-state index contributed by atoms with van der Waals surface area (Å²) in [7, 11) is -1.26. The van der Waals surface area contributed by atoms with E-state index >= 15 is 0 Å². The molecule has 2 aromatic carbocycles. The molecule has 0 saturated heterocycles. The highest BCUT2D eigenvalue weighted by molar-refractivity contribution is 14.1. The molecule has 0 radical (unpaired) electrons. The highest BCUT2D eigenvalue weighted by atomic mass is 127. The molecule has 23 heavy (non-hydrogen) atoms. The van der Waals surface area contributed by atoms with Gasteiger partial charge in [0.1, 0.15) is 0 Å². The summed E-state index contributed by atoms with van der Waals surface area (Å²) < 4.78 is 13.6. The molecule has 0 spiro atoms. The third-order valence-corrected chi connectivity index (χ3v) is 6.48. The quantitative estimate of drug-likeness (QED) is 0.656. The Morgan fingerprint density at radius 3 is 2.39 bits per heavy atom. The van der Waals surface area contributed by atoms with E-state index in [0.29, 0.717) is 16.4 Å². The van der Waals surface area contributed by atoms with Gasteiger partial charge in [0.25, 0.3) is 0 Å². The van der Waals surface area contributed by atoms with Crippen LogP contribution in [0.25, 0.3) is 0 Å². The van der Waals surface area contributed by atoms with Gasteiger partial charge in [0.2, 0.25) is 0 Å². The molecule has 0 aliphatic heterocycles. The van der Waals surface area contributed by atoms with Gasteiger partial charge in [0.15, 0.2) is 0 Å². The molecule has 2 rings (SSSR count). The minimum Gasteiger partial charge on any atom is -0.384 e. The predicted molar refractivity (Wildman–Crippen MR) is 104 cm³/mol. The smallest absolute Gasteiger partial charge is 0.0984 e. The van der Waals surface area contributed by atoms with Crippen molar-refractivity contribution in [1.82, 2.24) is 0 Å². The molecule has 2 atom stereocenters. The lowest BCUT2D eigenvalue weighted by molar-refractivity contribution is 0.0850. The zero-order chi connectivity index (χ0) is 17.0. The van der Waals surface area contributed by atoms with Crippen LogP contribution in [0.5, 0.6) is 0 Å². The lowest BCUT2D eigenvalue weighted by Gasteiger charge is -2.27. The number of aryl methyl sites for hydroxylation is 1. The van der Waals surface area contributed by atoms with E-state index in [1.54, 1.807) is 0 Å². The van der Waals surface area contributed by atoms with E-state index in [0.717, 1.165) is 20.9 Å². The van der Waals surface area contributed by atoms with E-state index in [2.05, 4.69) is 29.2 Å². The fourth-order valence-electron chi connectivity index (χ4n) is 2.35. The van der Waals surface area contributed by atoms with Crippen molar-refractivity contribution < 1.29 is 9.32 Å². The molecule has 0 aromatic heterocycles. The van der Waals surface area contributed by atoms with Gasteiger partial charge in [0.05, 0.1) is 16.4 Å². The van der Waals surface area contributed by atoms with Crippen LogP contribution in [0.1, 0.15) is 24.5 Å². The summed E-state index contributed by atoms with van der Waals surface area (Å²) in [5.41, 5.74) is 1.06. The Balaban J connectivity index is 2.39. The Hall–Kier alpha value is -0.980. The normalized spacial score (nSPS) is 15.0. The van der Waals surface area contributed by atoms with Crippen LogP contribution < -0.4 is 0 Å². The lowest BCUT2D eigenvalue weighted by Crippen LogP contribution is -2.31. The molecule has 1 N–H and O–H groups in total. The van der Waals surface area contributed by atoms with Gasteiger partial charge in [-0.15, -0.1) is 0 Å². The van der Waals surface area contributed by atoms with E-state index in [-0.39, 0.29) is 0 Å². The molecule has 0 aliphatic rings. The zero-order valence-corrected chi connectivity index (χ0v) is 16.4. The van der Waals surface area contributed by atoms with Gasteiger partial charge < -0.3 is 5.11 Å². The van der Waals surface area contributed by atoms with Crippen LogP contribution in [0.4, 0.5) is 0 Å². The third kappa shape index (κ3) is 4.31. The van der Waals surface area contributed by atoms with Gasteiger partial charge in [-0.05, 0) is 59.7 Å². The summed E-state index contributed by atoms with van der Waals surface area (Å²) in [5, 5.41) is 10.8. The van der Waals surface area contributed by atoms with Crippen LogP contribution in [0.2, 0.25) is 0 Å². The maximum absolute atomic E-state index is 12.9. The van der Waals surface area contributed by atoms with Gasteiger partial charge in [-0.3, -0.25) is 0 Å². The van der Waals surface area contributed by atoms with Crippen molar-refractivity contribution in [1.29, 1.82) is 0 Å². The standard InChI is InChI=1S/C19H21IO2S/c1-4-19(21,15(3)20)13-16-7-5-6-8-18(16)23(22)17-11-9-14(2)10-12-17/h5-12,21H,3-4,13H2,1-2H3/t19-,23?/m1/s1. The van der Waals surface area contributed by atoms with E-state index in [4.69, 9.17) is 0 Å². The first-order valence-electron chi connectivity index (χ1n) is 7.51. The van der Waals surface area contributed by atoms with Crippen molar-refractivity contribution in [2.75, 3.05) is 0 Å². The Bertz CT molecular complexity index is 724. The molecule has 0 aliphatic carbocycles. The molecule has 0 bridgehead atoms. The van der Waals surface area contributed by atoms with Crippen molar-refractivity contribution >= 4 is 33.4 Å². The van der Waals surface area contributed by atoms with E-state index in [1.807, 2.05) is 62.4 Å². The van der Waals surface area contributed by atoms with Gasteiger partial charge in [-0.25, -0.2) is 4.21 Å². The predicted octanol–water partition coefficient (Wildman–Crippen LogP) is 4.79. The fourth-order valence-corrected chi connectivity index (χ4v) is 4.14. The summed E-state index contributed by atoms with van der Waals surface area (Å²) in [6, 6.07) is 15.3. The summed E-state index contributed by atoms with van der Waals surface area (Å²) in [6.45, 7) is 7.84. The summed E-state index contributed by atoms with van der Waals surface area (Å²) in [4.78, 5) is 1.53. The molecule has 122 valence electrons. The average Bonchev–Trinajstić information content (AvgIpc) is 2.55. The van der Waals surface area contributed by atoms with Crippen molar-refractivity contribution in [3.05, 3.63) is 69.8 Å². The second-order valence-corrected chi connectivity index (χ2v) is 8.41. The molecule has 0 heterocycles. The minimum atomic E-state index is -1.26. The summed E-state index contributed by atoms with van der Waals surface area (Å²) >= 11 is 2.07. The molecule has 4 heteroatoms. The van der Waals surface area contributed by atoms with Crippen LogP contribution in [0.3, 0.4) is 0 Å². The van der Waals surface area contributed by atoms with Crippen LogP contribution in [-0.4, -0.2) is 14.9 Å². The number of hydrogen-bond donors (Lipinski definition) is 1. The summed E-state index contributed by atoms with van der Waals surface area (Å²) in [6.07, 6.45) is 0.985. The van der Waals surface area contributed by atoms with Gasteiger partial charge >= 0.3 is 0 Å². The second-order valence-electron chi connectivity index (χ2n) is 5.66. The number of hydrogen-bond acceptors (Lipinski definition) is 2. The average molecular weight is 440 g/mol. The van der Waals surface area contributed by atoms with Gasteiger partial charge in [0, 0.05) is 19.8 Å². The molecular formula is C19H21IO2S. The molecular weight excluding hydrogens is 419 g/mol. The van der Waals surface area contributed by atoms with Crippen LogP contribution in [0.15, 0.2) is 68.5 Å². The fraction of sp³-hybridized carbons (Fsp3) is 0.263. The molecule has 2 nitrogen and oxygen atoms in total. The van der Waals surface area contributed by atoms with E-state index < -0.39 is 16.4 Å². The van der Waals surface area contributed by atoms with Crippen molar-refractivity contribution in [3.8, 4) is 0 Å². The maximum Gasteiger partial charge on any atom is 0.0984 e. The van der Waals surface area contributed by atoms with Crippen LogP contribution >= 0.6 is 22.6 Å². The first-order chi connectivity index (χ1) is 10.9. The molecule has 2 aromatic rings. The van der Waals surface area contributed by atoms with E-state index in [9.17, 15) is 9.32 Å². The molecule has 0 saturated carbocycles. The van der Waals surface area contributed by atoms with Gasteiger partial charge in [-0.1, -0.05) is 49.4 Å². The minimum absolute atomic E-state index is 0.416. The maximum atomic E-state index is 12.9.